The molecule has 0 aromatic heterocycles. The van der Waals surface area contributed by atoms with Crippen molar-refractivity contribution in [1.29, 1.82) is 5.41 Å². The van der Waals surface area contributed by atoms with Crippen molar-refractivity contribution in [3.63, 3.8) is 0 Å². The molecule has 1 atom stereocenters. The maximum Gasteiger partial charge on any atom is 0.455 e. The number of carbonyl (C=O) groups excluding carboxylic acids is 1. The molecule has 0 heterocycles. The lowest BCUT2D eigenvalue weighted by molar-refractivity contribution is -0.347. The molecule has 0 bridgehead atoms. The summed E-state index contributed by atoms with van der Waals surface area (Å²) < 4.78 is 56.1. The summed E-state index contributed by atoms with van der Waals surface area (Å²) in [5.41, 5.74) is -1.30. The minimum Gasteiger partial charge on any atom is -0.423 e. The number of rotatable bonds is 4. The predicted molar refractivity (Wildman–Crippen MR) is 68.3 cm³/mol. The number of esters is 1. The van der Waals surface area contributed by atoms with Gasteiger partial charge in [-0.1, -0.05) is 15.9 Å². The second-order valence-electron chi connectivity index (χ2n) is 4.16. The van der Waals surface area contributed by atoms with Crippen LogP contribution in [0.4, 0.5) is 17.6 Å². The van der Waals surface area contributed by atoms with Gasteiger partial charge < -0.3 is 15.3 Å². The van der Waals surface area contributed by atoms with E-state index in [1.54, 1.807) is 0 Å². The maximum absolute atomic E-state index is 13.6. The number of hydrogen-bond acceptors (Lipinski definition) is 4. The van der Waals surface area contributed by atoms with Crippen molar-refractivity contribution in [2.75, 3.05) is 0 Å². The van der Waals surface area contributed by atoms with Gasteiger partial charge in [0.25, 0.3) is 0 Å². The fourth-order valence-electron chi connectivity index (χ4n) is 1.50. The predicted octanol–water partition coefficient (Wildman–Crippen LogP) is 3.16. The van der Waals surface area contributed by atoms with Crippen molar-refractivity contribution >= 4 is 27.6 Å². The minimum atomic E-state index is -5.32. The molecule has 2 N–H and O–H groups in total. The molecule has 116 valence electrons. The summed E-state index contributed by atoms with van der Waals surface area (Å²) in [4.78, 5) is 10.7. The molecular formula is C12H10BrF4NO3. The molecule has 9 heteroatoms. The Bertz CT molecular complexity index is 576. The maximum atomic E-state index is 13.6. The lowest BCUT2D eigenvalue weighted by atomic mass is 10.0. The van der Waals surface area contributed by atoms with Crippen LogP contribution in [0.2, 0.25) is 0 Å². The fourth-order valence-corrected chi connectivity index (χ4v) is 1.83. The Morgan fingerprint density at radius 3 is 2.43 bits per heavy atom. The highest BCUT2D eigenvalue weighted by Crippen LogP contribution is 2.35. The number of hydrogen-bond donors (Lipinski definition) is 2. The van der Waals surface area contributed by atoms with Gasteiger partial charge in [-0.25, -0.2) is 4.39 Å². The van der Waals surface area contributed by atoms with Crippen LogP contribution >= 0.6 is 15.9 Å². The molecule has 0 fully saturated rings. The molecule has 0 spiro atoms. The summed E-state index contributed by atoms with van der Waals surface area (Å²) >= 11 is 2.96. The van der Waals surface area contributed by atoms with Crippen LogP contribution < -0.4 is 0 Å². The molecule has 0 aliphatic heterocycles. The van der Waals surface area contributed by atoms with Crippen LogP contribution in [0.1, 0.15) is 18.9 Å². The number of halogens is 5. The van der Waals surface area contributed by atoms with Crippen molar-refractivity contribution in [2.45, 2.75) is 25.3 Å². The Kier molecular flexibility index (Phi) is 5.11. The molecule has 0 radical (unpaired) electrons. The molecule has 1 unspecified atom stereocenters. The van der Waals surface area contributed by atoms with E-state index in [1.807, 2.05) is 0 Å². The van der Waals surface area contributed by atoms with Gasteiger partial charge in [-0.05, 0) is 18.2 Å². The molecule has 0 amide bonds. The Hall–Kier alpha value is -1.48. The van der Waals surface area contributed by atoms with Crippen LogP contribution in [0.5, 0.6) is 0 Å². The van der Waals surface area contributed by atoms with Gasteiger partial charge in [0.2, 0.25) is 0 Å². The van der Waals surface area contributed by atoms with Crippen molar-refractivity contribution in [3.05, 3.63) is 34.1 Å². The zero-order valence-electron chi connectivity index (χ0n) is 10.6. The van der Waals surface area contributed by atoms with Crippen LogP contribution in [-0.2, 0) is 9.53 Å². The normalized spacial score (nSPS) is 14.4. The number of carbonyl (C=O) groups is 1. The van der Waals surface area contributed by atoms with E-state index in [1.165, 1.54) is 6.07 Å². The van der Waals surface area contributed by atoms with Crippen molar-refractivity contribution in [3.8, 4) is 0 Å². The Labute approximate surface area is 125 Å². The standard InChI is InChI=1S/C12H10BrF4NO3/c1-6(19)21-11(20,12(15,16)17)5-10(18)8-3-2-7(13)4-9(8)14/h2-4,18,20H,5H2,1H3. The summed E-state index contributed by atoms with van der Waals surface area (Å²) in [6.07, 6.45) is -6.74. The number of benzene rings is 1. The monoisotopic (exact) mass is 371 g/mol. The average Bonchev–Trinajstić information content (AvgIpc) is 2.25. The largest absolute Gasteiger partial charge is 0.455 e. The first-order chi connectivity index (χ1) is 9.46. The van der Waals surface area contributed by atoms with E-state index < -0.39 is 41.4 Å². The number of alkyl halides is 3. The number of ether oxygens (including phenoxy) is 1. The van der Waals surface area contributed by atoms with Crippen LogP contribution in [0.25, 0.3) is 0 Å². The van der Waals surface area contributed by atoms with Gasteiger partial charge in [-0.15, -0.1) is 0 Å². The van der Waals surface area contributed by atoms with Crippen molar-refractivity contribution in [2.24, 2.45) is 0 Å². The van der Waals surface area contributed by atoms with Crippen molar-refractivity contribution in [1.82, 2.24) is 0 Å². The number of nitrogens with one attached hydrogen (secondary N) is 1. The van der Waals surface area contributed by atoms with Gasteiger partial charge in [0.1, 0.15) is 5.82 Å². The first kappa shape index (κ1) is 17.6. The van der Waals surface area contributed by atoms with Gasteiger partial charge in [-0.2, -0.15) is 13.2 Å². The van der Waals surface area contributed by atoms with Crippen LogP contribution in [0.3, 0.4) is 0 Å². The highest BCUT2D eigenvalue weighted by atomic mass is 79.9. The Morgan fingerprint density at radius 2 is 2.00 bits per heavy atom. The van der Waals surface area contributed by atoms with Gasteiger partial charge in [0.05, 0.1) is 6.42 Å². The zero-order chi connectivity index (χ0) is 16.4. The highest BCUT2D eigenvalue weighted by molar-refractivity contribution is 9.10. The lowest BCUT2D eigenvalue weighted by Crippen LogP contribution is -2.50. The average molecular weight is 372 g/mol. The molecule has 0 saturated heterocycles. The summed E-state index contributed by atoms with van der Waals surface area (Å²) in [6.45, 7) is 0.681. The van der Waals surface area contributed by atoms with E-state index in [9.17, 15) is 27.5 Å². The van der Waals surface area contributed by atoms with Crippen LogP contribution in [-0.4, -0.2) is 28.8 Å². The van der Waals surface area contributed by atoms with E-state index in [0.717, 1.165) is 12.1 Å². The van der Waals surface area contributed by atoms with Crippen LogP contribution in [0, 0.1) is 11.2 Å². The molecular weight excluding hydrogens is 362 g/mol. The summed E-state index contributed by atoms with van der Waals surface area (Å²) in [6, 6.07) is 3.36. The van der Waals surface area contributed by atoms with E-state index in [-0.39, 0.29) is 0 Å². The first-order valence-electron chi connectivity index (χ1n) is 5.48. The lowest BCUT2D eigenvalue weighted by Gasteiger charge is -2.29. The number of aliphatic hydroxyl groups is 1. The van der Waals surface area contributed by atoms with E-state index in [0.29, 0.717) is 11.4 Å². The van der Waals surface area contributed by atoms with E-state index >= 15 is 0 Å². The molecule has 0 aliphatic carbocycles. The molecule has 1 aromatic carbocycles. The second kappa shape index (κ2) is 6.10. The second-order valence-corrected chi connectivity index (χ2v) is 5.07. The molecule has 1 rings (SSSR count). The van der Waals surface area contributed by atoms with Crippen molar-refractivity contribution < 1.29 is 32.2 Å². The molecule has 21 heavy (non-hydrogen) atoms. The summed E-state index contributed by atoms with van der Waals surface area (Å²) in [7, 11) is 0. The zero-order valence-corrected chi connectivity index (χ0v) is 12.2. The molecule has 0 aliphatic rings. The van der Waals surface area contributed by atoms with E-state index in [2.05, 4.69) is 20.7 Å². The SMILES string of the molecule is CC(=O)OC(O)(CC(=N)c1ccc(Br)cc1F)C(F)(F)F. The van der Waals surface area contributed by atoms with Gasteiger partial charge in [0.15, 0.2) is 0 Å². The van der Waals surface area contributed by atoms with Gasteiger partial charge in [-0.3, -0.25) is 4.79 Å². The van der Waals surface area contributed by atoms with Crippen LogP contribution in [0.15, 0.2) is 22.7 Å². The third-order valence-electron chi connectivity index (χ3n) is 2.43. The highest BCUT2D eigenvalue weighted by Gasteiger charge is 2.58. The first-order valence-corrected chi connectivity index (χ1v) is 6.27. The molecule has 1 aromatic rings. The topological polar surface area (TPSA) is 70.4 Å². The smallest absolute Gasteiger partial charge is 0.423 e. The summed E-state index contributed by atoms with van der Waals surface area (Å²) in [5.74, 6) is -6.20. The van der Waals surface area contributed by atoms with E-state index in [4.69, 9.17) is 5.41 Å². The third-order valence-corrected chi connectivity index (χ3v) is 2.92. The molecule has 0 saturated carbocycles. The Balaban J connectivity index is 3.09. The quantitative estimate of drug-likeness (QED) is 0.369. The molecule has 4 nitrogen and oxygen atoms in total. The van der Waals surface area contributed by atoms with Gasteiger partial charge >= 0.3 is 17.9 Å². The summed E-state index contributed by atoms with van der Waals surface area (Å²) in [5, 5.41) is 17.0. The Morgan fingerprint density at radius 1 is 1.43 bits per heavy atom. The van der Waals surface area contributed by atoms with Gasteiger partial charge in [0, 0.05) is 22.7 Å². The fraction of sp³-hybridized carbons (Fsp3) is 0.333. The third kappa shape index (κ3) is 4.24. The minimum absolute atomic E-state index is 0.336.